The summed E-state index contributed by atoms with van der Waals surface area (Å²) < 4.78 is 51.3. The van der Waals surface area contributed by atoms with Crippen molar-refractivity contribution < 1.29 is 27.8 Å². The van der Waals surface area contributed by atoms with E-state index in [-0.39, 0.29) is 50.4 Å². The van der Waals surface area contributed by atoms with Crippen LogP contribution in [-0.4, -0.2) is 45.5 Å². The molecule has 52 heavy (non-hydrogen) atoms. The van der Waals surface area contributed by atoms with Crippen molar-refractivity contribution in [3.63, 3.8) is 0 Å². The molecule has 4 aromatic rings. The molecule has 1 saturated carbocycles. The third kappa shape index (κ3) is 7.72. The summed E-state index contributed by atoms with van der Waals surface area (Å²) in [5, 5.41) is 11.7. The molecular weight excluding hydrogens is 665 g/mol. The molecule has 7 nitrogen and oxygen atoms in total. The van der Waals surface area contributed by atoms with Gasteiger partial charge in [0.1, 0.15) is 5.75 Å². The van der Waals surface area contributed by atoms with Crippen molar-refractivity contribution in [2.45, 2.75) is 110 Å². The topological polar surface area (TPSA) is 88.4 Å². The van der Waals surface area contributed by atoms with E-state index in [2.05, 4.69) is 28.7 Å². The largest absolute Gasteiger partial charge is 0.429 e. The number of piperidine rings is 1. The predicted octanol–water partition coefficient (Wildman–Crippen LogP) is 9.76. The molecule has 0 radical (unpaired) electrons. The van der Waals surface area contributed by atoms with Gasteiger partial charge in [-0.2, -0.15) is 0 Å². The molecule has 2 aliphatic carbocycles. The molecule has 1 aliphatic heterocycles. The number of carbonyl (C=O) groups excluding carboxylic acids is 1. The molecule has 7 rings (SSSR count). The molecule has 0 bridgehead atoms. The number of pyridine rings is 1. The highest BCUT2D eigenvalue weighted by atomic mass is 19.3. The van der Waals surface area contributed by atoms with Crippen LogP contribution in [-0.2, 0) is 11.2 Å². The molecule has 276 valence electrons. The summed E-state index contributed by atoms with van der Waals surface area (Å²) in [7, 11) is 0. The second kappa shape index (κ2) is 15.0. The van der Waals surface area contributed by atoms with Gasteiger partial charge in [-0.05, 0) is 85.6 Å². The maximum absolute atomic E-state index is 17.3. The van der Waals surface area contributed by atoms with E-state index in [0.29, 0.717) is 79.3 Å². The minimum atomic E-state index is -2.73. The molecule has 2 atom stereocenters. The number of ether oxygens (including phenoxy) is 1. The maximum atomic E-state index is 17.3. The first kappa shape index (κ1) is 37.4. The number of benzene rings is 2. The molecular formula is C42H49F3N4O3. The van der Waals surface area contributed by atoms with Crippen LogP contribution < -0.4 is 9.64 Å². The molecule has 2 aromatic heterocycles. The lowest BCUT2D eigenvalue weighted by Crippen LogP contribution is -2.36. The van der Waals surface area contributed by atoms with Crippen molar-refractivity contribution >= 4 is 12.4 Å². The van der Waals surface area contributed by atoms with Crippen molar-refractivity contribution in [2.24, 2.45) is 5.41 Å². The third-order valence-electron chi connectivity index (χ3n) is 11.1. The van der Waals surface area contributed by atoms with Crippen LogP contribution in [0.2, 0.25) is 0 Å². The normalized spacial score (nSPS) is 20.8. The Balaban J connectivity index is 0.00000464. The van der Waals surface area contributed by atoms with Gasteiger partial charge in [-0.3, -0.25) is 9.78 Å². The minimum absolute atomic E-state index is 0. The monoisotopic (exact) mass is 714 g/mol. The molecule has 3 aliphatic rings. The van der Waals surface area contributed by atoms with Gasteiger partial charge in [-0.15, -0.1) is 0 Å². The van der Waals surface area contributed by atoms with E-state index in [9.17, 15) is 18.7 Å². The van der Waals surface area contributed by atoms with Gasteiger partial charge in [0.25, 0.3) is 6.47 Å². The summed E-state index contributed by atoms with van der Waals surface area (Å²) in [6, 6.07) is 14.5. The Kier molecular flexibility index (Phi) is 10.8. The SMILES string of the molecule is C.Cc1ccc([C@H](F)c2c(C3CCN(c4ncc(-c5cccc(OC=O)c5)cn4)CC3)nc3c(c2C2CCC(F)(F)CC2)[C@@H](O)CC(C)(C)C3)cc1. The van der Waals surface area contributed by atoms with Crippen LogP contribution in [0.3, 0.4) is 0 Å². The predicted molar refractivity (Wildman–Crippen MR) is 197 cm³/mol. The van der Waals surface area contributed by atoms with Crippen molar-refractivity contribution in [1.82, 2.24) is 15.0 Å². The summed E-state index contributed by atoms with van der Waals surface area (Å²) in [6.45, 7) is 7.83. The standard InChI is InChI=1S/C41H45F3N4O3.CH4/c1-25-7-9-27(10-8-25)37(42)36-34(26-11-15-41(43,44)16-12-26)35-32(20-40(2,3)21-33(35)50)47-38(36)28-13-17-48(18-14-28)39-45-22-30(23-46-39)29-5-4-6-31(19-29)51-24-49;/h4-10,19,22-24,26,28,33,37,50H,11-18,20-21H2,1-3H3;1H4/t33-,37-;/m0./s1. The number of fused-ring (bicyclic) bond motifs is 1. The van der Waals surface area contributed by atoms with E-state index in [4.69, 9.17) is 9.72 Å². The number of nitrogens with zero attached hydrogens (tertiary/aromatic N) is 4. The first-order valence-electron chi connectivity index (χ1n) is 18.0. The van der Waals surface area contributed by atoms with Gasteiger partial charge in [0.15, 0.2) is 6.17 Å². The van der Waals surface area contributed by atoms with Crippen LogP contribution in [0.15, 0.2) is 60.9 Å². The van der Waals surface area contributed by atoms with Gasteiger partial charge in [0.05, 0.1) is 11.8 Å². The van der Waals surface area contributed by atoms with Gasteiger partial charge in [0, 0.05) is 66.6 Å². The Morgan fingerprint density at radius 2 is 1.62 bits per heavy atom. The average Bonchev–Trinajstić information content (AvgIpc) is 3.11. The lowest BCUT2D eigenvalue weighted by molar-refractivity contribution is -0.120. The van der Waals surface area contributed by atoms with Gasteiger partial charge in [-0.25, -0.2) is 23.1 Å². The number of aliphatic hydroxyl groups is 1. The first-order chi connectivity index (χ1) is 24.4. The number of aromatic nitrogens is 3. The summed E-state index contributed by atoms with van der Waals surface area (Å²) in [4.78, 5) is 27.5. The Hall–Kier alpha value is -4.31. The van der Waals surface area contributed by atoms with E-state index in [0.717, 1.165) is 27.9 Å². The highest BCUT2D eigenvalue weighted by Crippen LogP contribution is 2.52. The summed E-state index contributed by atoms with van der Waals surface area (Å²) >= 11 is 0. The fraction of sp³-hybridized carbons (Fsp3) is 0.476. The van der Waals surface area contributed by atoms with Crippen molar-refractivity contribution in [2.75, 3.05) is 18.0 Å². The Labute approximate surface area is 304 Å². The number of carbonyl (C=O) groups is 1. The zero-order valence-electron chi connectivity index (χ0n) is 29.4. The van der Waals surface area contributed by atoms with Gasteiger partial charge in [-0.1, -0.05) is 63.2 Å². The number of aryl methyl sites for hydroxylation is 1. The molecule has 1 N–H and O–H groups in total. The molecule has 2 fully saturated rings. The fourth-order valence-corrected chi connectivity index (χ4v) is 8.40. The lowest BCUT2D eigenvalue weighted by Gasteiger charge is -2.41. The summed E-state index contributed by atoms with van der Waals surface area (Å²) in [5.41, 5.74) is 6.29. The highest BCUT2D eigenvalue weighted by molar-refractivity contribution is 5.65. The van der Waals surface area contributed by atoms with Crippen LogP contribution in [0.5, 0.6) is 5.75 Å². The van der Waals surface area contributed by atoms with Crippen LogP contribution in [0.25, 0.3) is 11.1 Å². The Morgan fingerprint density at radius 1 is 0.942 bits per heavy atom. The molecule has 0 spiro atoms. The zero-order chi connectivity index (χ0) is 35.9. The smallest absolute Gasteiger partial charge is 0.298 e. The number of hydrogen-bond acceptors (Lipinski definition) is 7. The third-order valence-corrected chi connectivity index (χ3v) is 11.1. The first-order valence-corrected chi connectivity index (χ1v) is 18.0. The van der Waals surface area contributed by atoms with Crippen LogP contribution >= 0.6 is 0 Å². The molecule has 3 heterocycles. The maximum Gasteiger partial charge on any atom is 0.298 e. The Bertz CT molecular complexity index is 1870. The van der Waals surface area contributed by atoms with Crippen molar-refractivity contribution in [1.29, 1.82) is 0 Å². The van der Waals surface area contributed by atoms with E-state index < -0.39 is 18.2 Å². The summed E-state index contributed by atoms with van der Waals surface area (Å²) in [6.07, 6.45) is 3.65. The number of rotatable bonds is 8. The zero-order valence-corrected chi connectivity index (χ0v) is 29.4. The van der Waals surface area contributed by atoms with Crippen LogP contribution in [0.4, 0.5) is 19.1 Å². The lowest BCUT2D eigenvalue weighted by atomic mass is 9.68. The van der Waals surface area contributed by atoms with E-state index in [1.807, 2.05) is 25.1 Å². The second-order valence-electron chi connectivity index (χ2n) is 15.4. The molecule has 10 heteroatoms. The Morgan fingerprint density at radius 3 is 2.27 bits per heavy atom. The molecule has 2 aromatic carbocycles. The van der Waals surface area contributed by atoms with Gasteiger partial charge >= 0.3 is 0 Å². The highest BCUT2D eigenvalue weighted by Gasteiger charge is 2.43. The van der Waals surface area contributed by atoms with Gasteiger partial charge < -0.3 is 14.7 Å². The quantitative estimate of drug-likeness (QED) is 0.182. The van der Waals surface area contributed by atoms with E-state index >= 15 is 4.39 Å². The number of anilines is 1. The number of aliphatic hydroxyl groups excluding tert-OH is 1. The average molecular weight is 715 g/mol. The molecule has 1 saturated heterocycles. The molecule has 0 amide bonds. The molecule has 0 unspecified atom stereocenters. The van der Waals surface area contributed by atoms with E-state index in [1.165, 1.54) is 0 Å². The number of halogens is 3. The van der Waals surface area contributed by atoms with Gasteiger partial charge in [0.2, 0.25) is 11.9 Å². The van der Waals surface area contributed by atoms with Crippen LogP contribution in [0.1, 0.15) is 130 Å². The minimum Gasteiger partial charge on any atom is -0.429 e. The fourth-order valence-electron chi connectivity index (χ4n) is 8.40. The van der Waals surface area contributed by atoms with Crippen LogP contribution in [0, 0.1) is 12.3 Å². The van der Waals surface area contributed by atoms with E-state index in [1.54, 1.807) is 42.7 Å². The summed E-state index contributed by atoms with van der Waals surface area (Å²) in [5.74, 6) is -2.07. The number of alkyl halides is 3. The second-order valence-corrected chi connectivity index (χ2v) is 15.4. The number of hydrogen-bond donors (Lipinski definition) is 1. The van der Waals surface area contributed by atoms with Crippen molar-refractivity contribution in [3.05, 3.63) is 100 Å². The van der Waals surface area contributed by atoms with Crippen molar-refractivity contribution in [3.8, 4) is 16.9 Å².